The summed E-state index contributed by atoms with van der Waals surface area (Å²) < 4.78 is 0. The van der Waals surface area contributed by atoms with Gasteiger partial charge in [-0.05, 0) is 23.5 Å². The van der Waals surface area contributed by atoms with E-state index < -0.39 is 0 Å². The Morgan fingerprint density at radius 3 is 2.27 bits per heavy atom. The standard InChI is InChI=1S/C17H22N2O3/c1-12(2)14-5-3-13(4-6-14)9-10-18-15(20)11-19-16(21)7-8-17(19)22/h3-6,12H,7-11H2,1-2H3,(H,18,20). The van der Waals surface area contributed by atoms with Crippen LogP contribution in [0.5, 0.6) is 0 Å². The molecule has 1 aliphatic rings. The van der Waals surface area contributed by atoms with E-state index in [0.29, 0.717) is 12.5 Å². The van der Waals surface area contributed by atoms with Gasteiger partial charge in [0.15, 0.2) is 0 Å². The van der Waals surface area contributed by atoms with Crippen LogP contribution < -0.4 is 5.32 Å². The lowest BCUT2D eigenvalue weighted by atomic mass is 10.0. The summed E-state index contributed by atoms with van der Waals surface area (Å²) in [6.07, 6.45) is 1.16. The lowest BCUT2D eigenvalue weighted by Gasteiger charge is -2.13. The van der Waals surface area contributed by atoms with Crippen molar-refractivity contribution in [3.05, 3.63) is 35.4 Å². The molecule has 0 unspecified atom stereocenters. The number of nitrogens with one attached hydrogen (secondary N) is 1. The van der Waals surface area contributed by atoms with Gasteiger partial charge in [-0.1, -0.05) is 38.1 Å². The Hall–Kier alpha value is -2.17. The maximum absolute atomic E-state index is 11.8. The largest absolute Gasteiger partial charge is 0.354 e. The molecular formula is C17H22N2O3. The van der Waals surface area contributed by atoms with Crippen molar-refractivity contribution >= 4 is 17.7 Å². The molecule has 0 spiro atoms. The molecule has 0 aromatic heterocycles. The van der Waals surface area contributed by atoms with Gasteiger partial charge in [-0.3, -0.25) is 19.3 Å². The van der Waals surface area contributed by atoms with Gasteiger partial charge >= 0.3 is 0 Å². The second-order valence-electron chi connectivity index (χ2n) is 5.87. The van der Waals surface area contributed by atoms with E-state index in [0.717, 1.165) is 16.9 Å². The number of likely N-dealkylation sites (tertiary alicyclic amines) is 1. The molecule has 3 amide bonds. The minimum Gasteiger partial charge on any atom is -0.354 e. The third-order valence-corrected chi connectivity index (χ3v) is 3.84. The molecule has 1 fully saturated rings. The van der Waals surface area contributed by atoms with Crippen molar-refractivity contribution in [2.75, 3.05) is 13.1 Å². The number of nitrogens with zero attached hydrogens (tertiary/aromatic N) is 1. The van der Waals surface area contributed by atoms with Crippen molar-refractivity contribution in [1.82, 2.24) is 10.2 Å². The first-order chi connectivity index (χ1) is 10.5. The molecule has 22 heavy (non-hydrogen) atoms. The molecule has 0 radical (unpaired) electrons. The monoisotopic (exact) mass is 302 g/mol. The fourth-order valence-electron chi connectivity index (χ4n) is 2.41. The fraction of sp³-hybridized carbons (Fsp3) is 0.471. The number of carbonyl (C=O) groups is 3. The van der Waals surface area contributed by atoms with Crippen LogP contribution >= 0.6 is 0 Å². The Morgan fingerprint density at radius 2 is 1.73 bits per heavy atom. The first-order valence-corrected chi connectivity index (χ1v) is 7.66. The average Bonchev–Trinajstić information content (AvgIpc) is 2.79. The SMILES string of the molecule is CC(C)c1ccc(CCNC(=O)CN2C(=O)CCC2=O)cc1. The molecule has 1 saturated heterocycles. The van der Waals surface area contributed by atoms with Gasteiger partial charge in [-0.2, -0.15) is 0 Å². The molecule has 1 aromatic rings. The summed E-state index contributed by atoms with van der Waals surface area (Å²) in [5.74, 6) is -0.305. The van der Waals surface area contributed by atoms with Crippen molar-refractivity contribution in [2.45, 2.75) is 39.0 Å². The summed E-state index contributed by atoms with van der Waals surface area (Å²) in [6.45, 7) is 4.63. The Kier molecular flexibility index (Phi) is 5.31. The molecule has 0 bridgehead atoms. The summed E-state index contributed by atoms with van der Waals surface area (Å²) in [5, 5.41) is 2.75. The highest BCUT2D eigenvalue weighted by Gasteiger charge is 2.30. The van der Waals surface area contributed by atoms with Crippen LogP contribution in [-0.2, 0) is 20.8 Å². The summed E-state index contributed by atoms with van der Waals surface area (Å²) in [5.41, 5.74) is 2.44. The number of carbonyl (C=O) groups excluding carboxylic acids is 3. The predicted octanol–water partition coefficient (Wildman–Crippen LogP) is 1.62. The summed E-state index contributed by atoms with van der Waals surface area (Å²) >= 11 is 0. The van der Waals surface area contributed by atoms with Gasteiger partial charge in [0.25, 0.3) is 0 Å². The molecule has 1 aliphatic heterocycles. The molecule has 1 aromatic carbocycles. The highest BCUT2D eigenvalue weighted by Crippen LogP contribution is 2.14. The van der Waals surface area contributed by atoms with Gasteiger partial charge in [0.2, 0.25) is 17.7 Å². The number of rotatable bonds is 6. The van der Waals surface area contributed by atoms with Gasteiger partial charge in [0, 0.05) is 19.4 Å². The highest BCUT2D eigenvalue weighted by atomic mass is 16.2. The van der Waals surface area contributed by atoms with Crippen molar-refractivity contribution < 1.29 is 14.4 Å². The first kappa shape index (κ1) is 16.2. The molecule has 0 aliphatic carbocycles. The summed E-state index contributed by atoms with van der Waals surface area (Å²) in [7, 11) is 0. The predicted molar refractivity (Wildman–Crippen MR) is 83.2 cm³/mol. The van der Waals surface area contributed by atoms with E-state index in [1.54, 1.807) is 0 Å². The van der Waals surface area contributed by atoms with Crippen LogP contribution in [0.1, 0.15) is 43.7 Å². The van der Waals surface area contributed by atoms with E-state index in [4.69, 9.17) is 0 Å². The van der Waals surface area contributed by atoms with Crippen molar-refractivity contribution in [3.8, 4) is 0 Å². The Bertz CT molecular complexity index is 548. The lowest BCUT2D eigenvalue weighted by molar-refractivity contribution is -0.142. The van der Waals surface area contributed by atoms with Gasteiger partial charge in [0.05, 0.1) is 0 Å². The number of hydrogen-bond donors (Lipinski definition) is 1. The zero-order valence-corrected chi connectivity index (χ0v) is 13.1. The fourth-order valence-corrected chi connectivity index (χ4v) is 2.41. The number of benzene rings is 1. The Balaban J connectivity index is 1.75. The van der Waals surface area contributed by atoms with E-state index in [1.165, 1.54) is 5.56 Å². The normalized spacial score (nSPS) is 14.8. The minimum atomic E-state index is -0.289. The minimum absolute atomic E-state index is 0.163. The van der Waals surface area contributed by atoms with E-state index in [2.05, 4.69) is 43.4 Å². The smallest absolute Gasteiger partial charge is 0.240 e. The molecule has 2 rings (SSSR count). The van der Waals surface area contributed by atoms with E-state index in [-0.39, 0.29) is 37.1 Å². The maximum atomic E-state index is 11.8. The van der Waals surface area contributed by atoms with Gasteiger partial charge < -0.3 is 5.32 Å². The third-order valence-electron chi connectivity index (χ3n) is 3.84. The van der Waals surface area contributed by atoms with Gasteiger partial charge in [0.1, 0.15) is 6.54 Å². The molecule has 5 heteroatoms. The molecule has 0 atom stereocenters. The summed E-state index contributed by atoms with van der Waals surface area (Å²) in [4.78, 5) is 35.7. The Morgan fingerprint density at radius 1 is 1.14 bits per heavy atom. The second-order valence-corrected chi connectivity index (χ2v) is 5.87. The van der Waals surface area contributed by atoms with Crippen LogP contribution in [0.2, 0.25) is 0 Å². The van der Waals surface area contributed by atoms with Crippen LogP contribution in [0.3, 0.4) is 0 Å². The van der Waals surface area contributed by atoms with E-state index >= 15 is 0 Å². The maximum Gasteiger partial charge on any atom is 0.240 e. The van der Waals surface area contributed by atoms with Crippen LogP contribution in [0.25, 0.3) is 0 Å². The molecular weight excluding hydrogens is 280 g/mol. The summed E-state index contributed by atoms with van der Waals surface area (Å²) in [6, 6.07) is 8.33. The van der Waals surface area contributed by atoms with Crippen molar-refractivity contribution in [3.63, 3.8) is 0 Å². The second kappa shape index (κ2) is 7.20. The molecule has 1 heterocycles. The highest BCUT2D eigenvalue weighted by molar-refractivity contribution is 6.04. The molecule has 1 N–H and O–H groups in total. The van der Waals surface area contributed by atoms with Crippen LogP contribution in [0.4, 0.5) is 0 Å². The van der Waals surface area contributed by atoms with Crippen LogP contribution in [0.15, 0.2) is 24.3 Å². The number of hydrogen-bond acceptors (Lipinski definition) is 3. The molecule has 118 valence electrons. The Labute approximate surface area is 130 Å². The van der Waals surface area contributed by atoms with Crippen molar-refractivity contribution in [2.24, 2.45) is 0 Å². The van der Waals surface area contributed by atoms with E-state index in [9.17, 15) is 14.4 Å². The molecule has 0 saturated carbocycles. The topological polar surface area (TPSA) is 66.5 Å². The van der Waals surface area contributed by atoms with Crippen molar-refractivity contribution in [1.29, 1.82) is 0 Å². The molecule has 5 nitrogen and oxygen atoms in total. The quantitative estimate of drug-likeness (QED) is 0.812. The van der Waals surface area contributed by atoms with E-state index in [1.807, 2.05) is 0 Å². The lowest BCUT2D eigenvalue weighted by Crippen LogP contribution is -2.40. The van der Waals surface area contributed by atoms with Crippen LogP contribution in [0, 0.1) is 0 Å². The zero-order valence-electron chi connectivity index (χ0n) is 13.1. The number of amides is 3. The first-order valence-electron chi connectivity index (χ1n) is 7.66. The number of imide groups is 1. The average molecular weight is 302 g/mol. The van der Waals surface area contributed by atoms with Crippen LogP contribution in [-0.4, -0.2) is 35.7 Å². The van der Waals surface area contributed by atoms with Gasteiger partial charge in [-0.15, -0.1) is 0 Å². The third kappa shape index (κ3) is 4.16. The zero-order chi connectivity index (χ0) is 16.1. The van der Waals surface area contributed by atoms with Gasteiger partial charge in [-0.25, -0.2) is 0 Å².